The largest absolute Gasteiger partial charge is 0.365 e. The molecule has 6 nitrogen and oxygen atoms in total. The van der Waals surface area contributed by atoms with Gasteiger partial charge in [0.25, 0.3) is 5.89 Å². The molecule has 22 heavy (non-hydrogen) atoms. The van der Waals surface area contributed by atoms with Gasteiger partial charge in [0.15, 0.2) is 5.82 Å². The molecule has 0 bridgehead atoms. The van der Waals surface area contributed by atoms with Crippen LogP contribution in [0.2, 0.25) is 0 Å². The van der Waals surface area contributed by atoms with Gasteiger partial charge in [-0.15, -0.1) is 11.8 Å². The zero-order chi connectivity index (χ0) is 15.4. The highest BCUT2D eigenvalue weighted by Gasteiger charge is 2.12. The van der Waals surface area contributed by atoms with Crippen molar-refractivity contribution in [3.63, 3.8) is 0 Å². The summed E-state index contributed by atoms with van der Waals surface area (Å²) in [5.74, 6) is 1.67. The Balaban J connectivity index is 1.77. The first-order valence-corrected chi connectivity index (χ1v) is 7.96. The van der Waals surface area contributed by atoms with Crippen molar-refractivity contribution in [3.05, 3.63) is 48.2 Å². The topological polar surface area (TPSA) is 76.7 Å². The Morgan fingerprint density at radius 2 is 2.05 bits per heavy atom. The quantitative estimate of drug-likeness (QED) is 0.725. The van der Waals surface area contributed by atoms with Crippen molar-refractivity contribution in [1.82, 2.24) is 20.1 Å². The molecule has 0 atom stereocenters. The summed E-state index contributed by atoms with van der Waals surface area (Å²) in [6.07, 6.45) is 5.22. The van der Waals surface area contributed by atoms with Crippen LogP contribution in [0.25, 0.3) is 11.5 Å². The fourth-order valence-electron chi connectivity index (χ4n) is 1.96. The maximum Gasteiger partial charge on any atom is 0.263 e. The first kappa shape index (κ1) is 14.5. The number of hydrogen-bond donors (Lipinski definition) is 1. The van der Waals surface area contributed by atoms with Gasteiger partial charge in [0.2, 0.25) is 0 Å². The molecule has 0 aliphatic carbocycles. The third-order valence-corrected chi connectivity index (χ3v) is 3.83. The highest BCUT2D eigenvalue weighted by molar-refractivity contribution is 7.98. The van der Waals surface area contributed by atoms with Crippen LogP contribution >= 0.6 is 11.8 Å². The molecule has 0 spiro atoms. The average Bonchev–Trinajstić information content (AvgIpc) is 3.00. The minimum atomic E-state index is 0.415. The normalized spacial score (nSPS) is 10.6. The standard InChI is InChI=1S/C15H15N5OS/c1-10-19-15(21-20-10)13-8-16-9-18-14(13)17-7-11-3-5-12(22-2)6-4-11/h3-6,8-9H,7H2,1-2H3,(H,16,17,18). The summed E-state index contributed by atoms with van der Waals surface area (Å²) in [6, 6.07) is 8.39. The van der Waals surface area contributed by atoms with Gasteiger partial charge in [-0.3, -0.25) is 0 Å². The van der Waals surface area contributed by atoms with E-state index in [0.29, 0.717) is 29.6 Å². The molecule has 0 fully saturated rings. The molecule has 0 aliphatic rings. The van der Waals surface area contributed by atoms with Crippen molar-refractivity contribution in [2.24, 2.45) is 0 Å². The fraction of sp³-hybridized carbons (Fsp3) is 0.200. The van der Waals surface area contributed by atoms with Gasteiger partial charge in [-0.25, -0.2) is 9.97 Å². The first-order valence-electron chi connectivity index (χ1n) is 6.74. The van der Waals surface area contributed by atoms with Crippen molar-refractivity contribution in [2.75, 3.05) is 11.6 Å². The second-order valence-electron chi connectivity index (χ2n) is 4.63. The van der Waals surface area contributed by atoms with E-state index in [0.717, 1.165) is 0 Å². The van der Waals surface area contributed by atoms with Crippen LogP contribution in [0.3, 0.4) is 0 Å². The molecule has 1 N–H and O–H groups in total. The molecule has 3 rings (SSSR count). The maximum absolute atomic E-state index is 5.19. The van der Waals surface area contributed by atoms with E-state index in [4.69, 9.17) is 4.52 Å². The van der Waals surface area contributed by atoms with Crippen molar-refractivity contribution < 1.29 is 4.52 Å². The minimum Gasteiger partial charge on any atom is -0.365 e. The van der Waals surface area contributed by atoms with E-state index in [2.05, 4.69) is 55.9 Å². The molecule has 112 valence electrons. The van der Waals surface area contributed by atoms with Crippen molar-refractivity contribution in [2.45, 2.75) is 18.4 Å². The van der Waals surface area contributed by atoms with E-state index in [-0.39, 0.29) is 0 Å². The number of aromatic nitrogens is 4. The monoisotopic (exact) mass is 313 g/mol. The molecular weight excluding hydrogens is 298 g/mol. The molecule has 0 amide bonds. The summed E-state index contributed by atoms with van der Waals surface area (Å²) in [4.78, 5) is 13.7. The molecule has 0 saturated heterocycles. The number of thioether (sulfide) groups is 1. The van der Waals surface area contributed by atoms with Crippen LogP contribution in [0.4, 0.5) is 5.82 Å². The van der Waals surface area contributed by atoms with Crippen molar-refractivity contribution in [3.8, 4) is 11.5 Å². The van der Waals surface area contributed by atoms with Crippen LogP contribution in [-0.2, 0) is 6.54 Å². The molecule has 0 radical (unpaired) electrons. The Kier molecular flexibility index (Phi) is 4.34. The summed E-state index contributed by atoms with van der Waals surface area (Å²) >= 11 is 1.73. The summed E-state index contributed by atoms with van der Waals surface area (Å²) < 4.78 is 5.19. The van der Waals surface area contributed by atoms with Crippen molar-refractivity contribution in [1.29, 1.82) is 0 Å². The van der Waals surface area contributed by atoms with E-state index in [1.165, 1.54) is 16.8 Å². The molecule has 2 heterocycles. The average molecular weight is 313 g/mol. The lowest BCUT2D eigenvalue weighted by Gasteiger charge is -2.08. The lowest BCUT2D eigenvalue weighted by atomic mass is 10.2. The summed E-state index contributed by atoms with van der Waals surface area (Å²) in [6.45, 7) is 2.43. The van der Waals surface area contributed by atoms with Crippen LogP contribution in [0.1, 0.15) is 11.4 Å². The van der Waals surface area contributed by atoms with Gasteiger partial charge in [-0.1, -0.05) is 17.3 Å². The second-order valence-corrected chi connectivity index (χ2v) is 5.51. The highest BCUT2D eigenvalue weighted by atomic mass is 32.2. The molecule has 0 aliphatic heterocycles. The Bertz CT molecular complexity index is 757. The van der Waals surface area contributed by atoms with Crippen LogP contribution in [0.5, 0.6) is 0 Å². The molecule has 0 unspecified atom stereocenters. The Labute approximate surface area is 132 Å². The van der Waals surface area contributed by atoms with Crippen LogP contribution in [0.15, 0.2) is 46.2 Å². The minimum absolute atomic E-state index is 0.415. The number of nitrogens with zero attached hydrogens (tertiary/aromatic N) is 4. The maximum atomic E-state index is 5.19. The number of hydrogen-bond acceptors (Lipinski definition) is 7. The van der Waals surface area contributed by atoms with Crippen LogP contribution < -0.4 is 5.32 Å². The van der Waals surface area contributed by atoms with E-state index in [9.17, 15) is 0 Å². The van der Waals surface area contributed by atoms with Gasteiger partial charge in [0.05, 0.1) is 0 Å². The Morgan fingerprint density at radius 1 is 1.23 bits per heavy atom. The third-order valence-electron chi connectivity index (χ3n) is 3.09. The number of benzene rings is 1. The van der Waals surface area contributed by atoms with Gasteiger partial charge in [0.1, 0.15) is 17.7 Å². The zero-order valence-corrected chi connectivity index (χ0v) is 13.1. The first-order chi connectivity index (χ1) is 10.8. The molecule has 3 aromatic rings. The van der Waals surface area contributed by atoms with E-state index < -0.39 is 0 Å². The second kappa shape index (κ2) is 6.57. The molecular formula is C15H15N5OS. The van der Waals surface area contributed by atoms with Gasteiger partial charge >= 0.3 is 0 Å². The number of rotatable bonds is 5. The van der Waals surface area contributed by atoms with E-state index in [1.807, 2.05) is 0 Å². The Morgan fingerprint density at radius 3 is 2.73 bits per heavy atom. The molecule has 1 aromatic carbocycles. The lowest BCUT2D eigenvalue weighted by molar-refractivity contribution is 0.425. The summed E-state index contributed by atoms with van der Waals surface area (Å²) in [5.41, 5.74) is 1.87. The number of anilines is 1. The van der Waals surface area contributed by atoms with Gasteiger partial charge in [0, 0.05) is 17.6 Å². The predicted molar refractivity (Wildman–Crippen MR) is 85.6 cm³/mol. The predicted octanol–water partition coefficient (Wildman–Crippen LogP) is 3.17. The number of nitrogens with one attached hydrogen (secondary N) is 1. The van der Waals surface area contributed by atoms with E-state index >= 15 is 0 Å². The summed E-state index contributed by atoms with van der Waals surface area (Å²) in [7, 11) is 0. The third kappa shape index (κ3) is 3.25. The zero-order valence-electron chi connectivity index (χ0n) is 12.3. The molecule has 2 aromatic heterocycles. The van der Waals surface area contributed by atoms with Crippen LogP contribution in [-0.4, -0.2) is 26.4 Å². The van der Waals surface area contributed by atoms with Gasteiger partial charge in [-0.05, 0) is 30.9 Å². The van der Waals surface area contributed by atoms with Crippen LogP contribution in [0, 0.1) is 6.92 Å². The molecule has 0 saturated carbocycles. The lowest BCUT2D eigenvalue weighted by Crippen LogP contribution is -2.03. The molecule has 7 heteroatoms. The smallest absolute Gasteiger partial charge is 0.263 e. The van der Waals surface area contributed by atoms with Crippen molar-refractivity contribution >= 4 is 17.6 Å². The van der Waals surface area contributed by atoms with Gasteiger partial charge in [-0.2, -0.15) is 4.98 Å². The highest BCUT2D eigenvalue weighted by Crippen LogP contribution is 2.24. The SMILES string of the molecule is CSc1ccc(CNc2ncncc2-c2nc(C)no2)cc1. The van der Waals surface area contributed by atoms with Gasteiger partial charge < -0.3 is 9.84 Å². The Hall–Kier alpha value is -2.41. The number of aryl methyl sites for hydroxylation is 1. The van der Waals surface area contributed by atoms with E-state index in [1.54, 1.807) is 24.9 Å². The fourth-order valence-corrected chi connectivity index (χ4v) is 2.37. The summed E-state index contributed by atoms with van der Waals surface area (Å²) in [5, 5.41) is 7.09.